The topological polar surface area (TPSA) is 46.2 Å². The maximum Gasteiger partial charge on any atom is 0.124 e. The van der Waals surface area contributed by atoms with Crippen molar-refractivity contribution in [2.24, 2.45) is 5.73 Å². The van der Waals surface area contributed by atoms with Crippen molar-refractivity contribution in [1.29, 1.82) is 0 Å². The third-order valence-electron chi connectivity index (χ3n) is 1.56. The molecule has 1 aromatic carbocycles. The molecule has 66 valence electrons. The fourth-order valence-corrected chi connectivity index (χ4v) is 1.21. The van der Waals surface area contributed by atoms with E-state index >= 15 is 0 Å². The molecule has 3 N–H and O–H groups in total. The van der Waals surface area contributed by atoms with E-state index in [1.54, 1.807) is 0 Å². The van der Waals surface area contributed by atoms with Crippen molar-refractivity contribution in [3.8, 4) is 0 Å². The third kappa shape index (κ3) is 1.94. The van der Waals surface area contributed by atoms with E-state index in [9.17, 15) is 4.39 Å². The van der Waals surface area contributed by atoms with Crippen molar-refractivity contribution in [3.05, 3.63) is 34.6 Å². The molecule has 0 amide bonds. The smallest absolute Gasteiger partial charge is 0.124 e. The largest absolute Gasteiger partial charge is 0.394 e. The number of hydrogen-bond donors (Lipinski definition) is 2. The second-order valence-electron chi connectivity index (χ2n) is 2.45. The van der Waals surface area contributed by atoms with Gasteiger partial charge in [0.15, 0.2) is 0 Å². The quantitative estimate of drug-likeness (QED) is 0.740. The van der Waals surface area contributed by atoms with Crippen LogP contribution in [0.15, 0.2) is 18.2 Å². The van der Waals surface area contributed by atoms with Crippen LogP contribution in [-0.2, 0) is 0 Å². The van der Waals surface area contributed by atoms with Crippen LogP contribution >= 0.6 is 11.6 Å². The monoisotopic (exact) mass is 189 g/mol. The lowest BCUT2D eigenvalue weighted by Gasteiger charge is -2.09. The molecule has 0 aliphatic rings. The second-order valence-corrected chi connectivity index (χ2v) is 2.86. The second kappa shape index (κ2) is 3.85. The maximum absolute atomic E-state index is 12.5. The average Bonchev–Trinajstić information content (AvgIpc) is 2.03. The van der Waals surface area contributed by atoms with E-state index in [4.69, 9.17) is 22.4 Å². The van der Waals surface area contributed by atoms with Gasteiger partial charge in [0.25, 0.3) is 0 Å². The summed E-state index contributed by atoms with van der Waals surface area (Å²) in [4.78, 5) is 0. The highest BCUT2D eigenvalue weighted by atomic mass is 35.5. The summed E-state index contributed by atoms with van der Waals surface area (Å²) >= 11 is 5.67. The molecule has 1 unspecified atom stereocenters. The number of rotatable bonds is 2. The molecule has 0 saturated heterocycles. The number of aliphatic hydroxyl groups excluding tert-OH is 1. The van der Waals surface area contributed by atoms with Crippen LogP contribution in [0.25, 0.3) is 0 Å². The van der Waals surface area contributed by atoms with Gasteiger partial charge < -0.3 is 10.8 Å². The first-order valence-electron chi connectivity index (χ1n) is 3.46. The number of nitrogens with two attached hydrogens (primary N) is 1. The predicted octanol–water partition coefficient (Wildman–Crippen LogP) is 1.47. The molecule has 0 aromatic heterocycles. The van der Waals surface area contributed by atoms with Gasteiger partial charge in [-0.2, -0.15) is 0 Å². The van der Waals surface area contributed by atoms with Gasteiger partial charge in [-0.25, -0.2) is 4.39 Å². The predicted molar refractivity (Wildman–Crippen MR) is 45.4 cm³/mol. The van der Waals surface area contributed by atoms with Gasteiger partial charge in [-0.1, -0.05) is 17.7 Å². The van der Waals surface area contributed by atoms with Crippen molar-refractivity contribution in [1.82, 2.24) is 0 Å². The molecular weight excluding hydrogens is 181 g/mol. The lowest BCUT2D eigenvalue weighted by atomic mass is 10.1. The number of halogens is 2. The molecule has 1 rings (SSSR count). The molecule has 0 heterocycles. The molecule has 1 aromatic rings. The molecule has 0 spiro atoms. The summed E-state index contributed by atoms with van der Waals surface area (Å²) in [5.74, 6) is -0.408. The molecule has 0 aliphatic carbocycles. The summed E-state index contributed by atoms with van der Waals surface area (Å²) in [6, 6.07) is 3.36. The summed E-state index contributed by atoms with van der Waals surface area (Å²) in [6.07, 6.45) is 0. The first kappa shape index (κ1) is 9.45. The summed E-state index contributed by atoms with van der Waals surface area (Å²) in [5.41, 5.74) is 6.04. The SMILES string of the molecule is NC(CO)c1ccc(F)cc1Cl. The van der Waals surface area contributed by atoms with E-state index in [1.807, 2.05) is 0 Å². The minimum Gasteiger partial charge on any atom is -0.394 e. The van der Waals surface area contributed by atoms with E-state index < -0.39 is 11.9 Å². The van der Waals surface area contributed by atoms with Crippen molar-refractivity contribution in [2.45, 2.75) is 6.04 Å². The zero-order valence-corrected chi connectivity index (χ0v) is 7.05. The third-order valence-corrected chi connectivity index (χ3v) is 1.89. The van der Waals surface area contributed by atoms with Gasteiger partial charge in [0.05, 0.1) is 12.6 Å². The Kier molecular flexibility index (Phi) is 3.03. The zero-order valence-electron chi connectivity index (χ0n) is 6.30. The van der Waals surface area contributed by atoms with Gasteiger partial charge in [0, 0.05) is 5.02 Å². The van der Waals surface area contributed by atoms with E-state index in [0.29, 0.717) is 5.56 Å². The summed E-state index contributed by atoms with van der Waals surface area (Å²) in [7, 11) is 0. The van der Waals surface area contributed by atoms with Crippen LogP contribution in [0.5, 0.6) is 0 Å². The Balaban J connectivity index is 3.01. The van der Waals surface area contributed by atoms with E-state index in [2.05, 4.69) is 0 Å². The lowest BCUT2D eigenvalue weighted by molar-refractivity contribution is 0.268. The van der Waals surface area contributed by atoms with Gasteiger partial charge >= 0.3 is 0 Å². The minimum atomic E-state index is -0.543. The van der Waals surface area contributed by atoms with Gasteiger partial charge in [-0.05, 0) is 17.7 Å². The maximum atomic E-state index is 12.5. The molecule has 0 bridgehead atoms. The molecule has 0 saturated carbocycles. The first-order chi connectivity index (χ1) is 5.65. The highest BCUT2D eigenvalue weighted by Crippen LogP contribution is 2.21. The van der Waals surface area contributed by atoms with Crippen LogP contribution in [0.2, 0.25) is 5.02 Å². The van der Waals surface area contributed by atoms with Crippen LogP contribution in [0, 0.1) is 5.82 Å². The van der Waals surface area contributed by atoms with Gasteiger partial charge in [0.1, 0.15) is 5.82 Å². The lowest BCUT2D eigenvalue weighted by Crippen LogP contribution is -2.14. The van der Waals surface area contributed by atoms with E-state index in [1.165, 1.54) is 18.2 Å². The minimum absolute atomic E-state index is 0.203. The molecule has 0 fully saturated rings. The molecule has 0 aliphatic heterocycles. The zero-order chi connectivity index (χ0) is 9.14. The van der Waals surface area contributed by atoms with Gasteiger partial charge in [0.2, 0.25) is 0 Å². The Morgan fingerprint density at radius 3 is 2.75 bits per heavy atom. The van der Waals surface area contributed by atoms with Crippen LogP contribution in [0.1, 0.15) is 11.6 Å². The molecule has 12 heavy (non-hydrogen) atoms. The van der Waals surface area contributed by atoms with E-state index in [0.717, 1.165) is 0 Å². The van der Waals surface area contributed by atoms with Crippen LogP contribution in [0.3, 0.4) is 0 Å². The standard InChI is InChI=1S/C8H9ClFNO/c9-7-3-5(10)1-2-6(7)8(11)4-12/h1-3,8,12H,4,11H2. The molecule has 2 nitrogen and oxygen atoms in total. The fourth-order valence-electron chi connectivity index (χ4n) is 0.901. The Morgan fingerprint density at radius 2 is 2.25 bits per heavy atom. The van der Waals surface area contributed by atoms with Crippen molar-refractivity contribution >= 4 is 11.6 Å². The Morgan fingerprint density at radius 1 is 1.58 bits per heavy atom. The van der Waals surface area contributed by atoms with Crippen LogP contribution in [-0.4, -0.2) is 11.7 Å². The van der Waals surface area contributed by atoms with E-state index in [-0.39, 0.29) is 11.6 Å². The van der Waals surface area contributed by atoms with Gasteiger partial charge in [-0.3, -0.25) is 0 Å². The van der Waals surface area contributed by atoms with Crippen molar-refractivity contribution < 1.29 is 9.50 Å². The Hall–Kier alpha value is -0.640. The highest BCUT2D eigenvalue weighted by molar-refractivity contribution is 6.31. The molecule has 4 heteroatoms. The van der Waals surface area contributed by atoms with Gasteiger partial charge in [-0.15, -0.1) is 0 Å². The van der Waals surface area contributed by atoms with Crippen molar-refractivity contribution in [2.75, 3.05) is 6.61 Å². The Labute approximate surface area is 74.8 Å². The summed E-state index contributed by atoms with van der Waals surface area (Å²) < 4.78 is 12.5. The molecular formula is C8H9ClFNO. The normalized spacial score (nSPS) is 13.0. The average molecular weight is 190 g/mol. The highest BCUT2D eigenvalue weighted by Gasteiger charge is 2.08. The number of aliphatic hydroxyl groups is 1. The fraction of sp³-hybridized carbons (Fsp3) is 0.250. The first-order valence-corrected chi connectivity index (χ1v) is 3.84. The summed E-state index contributed by atoms with van der Waals surface area (Å²) in [6.45, 7) is -0.203. The van der Waals surface area contributed by atoms with Crippen LogP contribution in [0.4, 0.5) is 4.39 Å². The molecule has 0 radical (unpaired) electrons. The number of benzene rings is 1. The van der Waals surface area contributed by atoms with Crippen molar-refractivity contribution in [3.63, 3.8) is 0 Å². The number of hydrogen-bond acceptors (Lipinski definition) is 2. The van der Waals surface area contributed by atoms with Crippen LogP contribution < -0.4 is 5.73 Å². The summed E-state index contributed by atoms with van der Waals surface area (Å²) in [5, 5.41) is 8.95. The Bertz CT molecular complexity index is 280. The molecule has 1 atom stereocenters.